The second-order valence-corrected chi connectivity index (χ2v) is 5.94. The number of hydrogen-bond acceptors (Lipinski definition) is 2. The third kappa shape index (κ3) is 3.26. The molecule has 104 valence electrons. The van der Waals surface area contributed by atoms with Crippen LogP contribution in [0.1, 0.15) is 15.9 Å². The van der Waals surface area contributed by atoms with Gasteiger partial charge in [-0.3, -0.25) is 4.79 Å². The van der Waals surface area contributed by atoms with Crippen LogP contribution in [-0.4, -0.2) is 5.91 Å². The average Bonchev–Trinajstić information content (AvgIpc) is 2.39. The predicted octanol–water partition coefficient (Wildman–Crippen LogP) is 4.90. The Hall–Kier alpha value is -1.23. The third-order valence-electron chi connectivity index (χ3n) is 2.76. The van der Waals surface area contributed by atoms with E-state index in [2.05, 4.69) is 21.2 Å². The lowest BCUT2D eigenvalue weighted by Crippen LogP contribution is -2.12. The molecule has 0 aliphatic rings. The second-order valence-electron chi connectivity index (χ2n) is 4.27. The van der Waals surface area contributed by atoms with Crippen LogP contribution in [0.25, 0.3) is 0 Å². The van der Waals surface area contributed by atoms with Crippen molar-refractivity contribution in [3.05, 3.63) is 56.0 Å². The van der Waals surface area contributed by atoms with E-state index in [0.29, 0.717) is 31.5 Å². The van der Waals surface area contributed by atoms with Crippen LogP contribution in [0, 0.1) is 6.92 Å². The first-order valence-corrected chi connectivity index (χ1v) is 7.25. The molecule has 2 rings (SSSR count). The molecule has 0 saturated carbocycles. The minimum absolute atomic E-state index is 0.285. The molecule has 2 aromatic rings. The molecule has 0 aliphatic heterocycles. The molecule has 20 heavy (non-hydrogen) atoms. The van der Waals surface area contributed by atoms with Crippen molar-refractivity contribution in [2.75, 3.05) is 11.1 Å². The van der Waals surface area contributed by atoms with Crippen LogP contribution >= 0.6 is 39.1 Å². The second kappa shape index (κ2) is 6.04. The number of hydrogen-bond donors (Lipinski definition) is 2. The molecule has 0 saturated heterocycles. The number of aryl methyl sites for hydroxylation is 1. The highest BCUT2D eigenvalue weighted by Gasteiger charge is 2.11. The molecule has 0 heterocycles. The summed E-state index contributed by atoms with van der Waals surface area (Å²) >= 11 is 15.4. The van der Waals surface area contributed by atoms with Gasteiger partial charge in [0.2, 0.25) is 0 Å². The van der Waals surface area contributed by atoms with E-state index in [1.807, 2.05) is 6.92 Å². The maximum atomic E-state index is 12.2. The van der Waals surface area contributed by atoms with E-state index in [9.17, 15) is 4.79 Å². The summed E-state index contributed by atoms with van der Waals surface area (Å²) in [5.41, 5.74) is 8.05. The molecule has 0 aliphatic carbocycles. The predicted molar refractivity (Wildman–Crippen MR) is 87.7 cm³/mol. The largest absolute Gasteiger partial charge is 0.398 e. The Balaban J connectivity index is 2.27. The van der Waals surface area contributed by atoms with Crippen LogP contribution < -0.4 is 11.1 Å². The van der Waals surface area contributed by atoms with E-state index in [4.69, 9.17) is 28.9 Å². The van der Waals surface area contributed by atoms with E-state index in [1.165, 1.54) is 0 Å². The molecule has 3 nitrogen and oxygen atoms in total. The Morgan fingerprint density at radius 3 is 2.55 bits per heavy atom. The first-order chi connectivity index (χ1) is 9.38. The van der Waals surface area contributed by atoms with Gasteiger partial charge in [0, 0.05) is 20.7 Å². The molecule has 0 fully saturated rings. The fourth-order valence-electron chi connectivity index (χ4n) is 1.60. The van der Waals surface area contributed by atoms with Crippen LogP contribution in [0.2, 0.25) is 10.0 Å². The van der Waals surface area contributed by atoms with Crippen molar-refractivity contribution in [2.24, 2.45) is 0 Å². The first-order valence-electron chi connectivity index (χ1n) is 5.70. The zero-order valence-corrected chi connectivity index (χ0v) is 13.6. The number of amides is 1. The van der Waals surface area contributed by atoms with E-state index in [0.717, 1.165) is 5.56 Å². The zero-order chi connectivity index (χ0) is 14.9. The van der Waals surface area contributed by atoms with Crippen molar-refractivity contribution < 1.29 is 4.79 Å². The number of rotatable bonds is 2. The van der Waals surface area contributed by atoms with Crippen LogP contribution in [0.4, 0.5) is 11.4 Å². The Morgan fingerprint density at radius 2 is 1.90 bits per heavy atom. The molecule has 1 amide bonds. The minimum Gasteiger partial charge on any atom is -0.398 e. The van der Waals surface area contributed by atoms with Crippen LogP contribution in [0.15, 0.2) is 34.8 Å². The summed E-state index contributed by atoms with van der Waals surface area (Å²) in [6.07, 6.45) is 0. The van der Waals surface area contributed by atoms with E-state index in [-0.39, 0.29) is 5.91 Å². The van der Waals surface area contributed by atoms with Crippen molar-refractivity contribution >= 4 is 56.4 Å². The summed E-state index contributed by atoms with van der Waals surface area (Å²) in [7, 11) is 0. The molecule has 0 atom stereocenters. The van der Waals surface area contributed by atoms with Crippen molar-refractivity contribution in [1.82, 2.24) is 0 Å². The number of halogens is 3. The van der Waals surface area contributed by atoms with Gasteiger partial charge < -0.3 is 11.1 Å². The topological polar surface area (TPSA) is 55.1 Å². The minimum atomic E-state index is -0.285. The summed E-state index contributed by atoms with van der Waals surface area (Å²) in [6.45, 7) is 1.84. The smallest absolute Gasteiger partial charge is 0.255 e. The fraction of sp³-hybridized carbons (Fsp3) is 0.0714. The van der Waals surface area contributed by atoms with Gasteiger partial charge in [0.25, 0.3) is 5.91 Å². The molecule has 0 aromatic heterocycles. The van der Waals surface area contributed by atoms with E-state index < -0.39 is 0 Å². The molecule has 0 spiro atoms. The number of nitrogens with two attached hydrogens (primary N) is 1. The highest BCUT2D eigenvalue weighted by Crippen LogP contribution is 2.29. The Labute approximate surface area is 135 Å². The van der Waals surface area contributed by atoms with Crippen LogP contribution in [0.5, 0.6) is 0 Å². The average molecular weight is 374 g/mol. The van der Waals surface area contributed by atoms with Crippen molar-refractivity contribution in [2.45, 2.75) is 6.92 Å². The number of carbonyl (C=O) groups excluding carboxylic acids is 1. The molecule has 2 aromatic carbocycles. The van der Waals surface area contributed by atoms with E-state index >= 15 is 0 Å². The van der Waals surface area contributed by atoms with Gasteiger partial charge in [0.15, 0.2) is 0 Å². The third-order valence-corrected chi connectivity index (χ3v) is 4.17. The van der Waals surface area contributed by atoms with Crippen LogP contribution in [0.3, 0.4) is 0 Å². The fourth-order valence-corrected chi connectivity index (χ4v) is 2.41. The van der Waals surface area contributed by atoms with Gasteiger partial charge in [-0.25, -0.2) is 0 Å². The number of nitrogens with one attached hydrogen (secondary N) is 1. The van der Waals surface area contributed by atoms with Gasteiger partial charge in [-0.15, -0.1) is 0 Å². The zero-order valence-electron chi connectivity index (χ0n) is 10.5. The molecule has 3 N–H and O–H groups in total. The summed E-state index contributed by atoms with van der Waals surface area (Å²) < 4.78 is 0.665. The van der Waals surface area contributed by atoms with Gasteiger partial charge >= 0.3 is 0 Å². The maximum absolute atomic E-state index is 12.2. The number of carbonyl (C=O) groups is 1. The lowest BCUT2D eigenvalue weighted by atomic mass is 10.1. The monoisotopic (exact) mass is 372 g/mol. The van der Waals surface area contributed by atoms with Gasteiger partial charge in [-0.2, -0.15) is 0 Å². The summed E-state index contributed by atoms with van der Waals surface area (Å²) in [4.78, 5) is 12.2. The number of nitrogen functional groups attached to an aromatic ring is 1. The van der Waals surface area contributed by atoms with Crippen molar-refractivity contribution in [3.63, 3.8) is 0 Å². The summed E-state index contributed by atoms with van der Waals surface area (Å²) in [6, 6.07) is 8.28. The summed E-state index contributed by atoms with van der Waals surface area (Å²) in [5, 5.41) is 3.71. The maximum Gasteiger partial charge on any atom is 0.255 e. The first kappa shape index (κ1) is 15.2. The standard InChI is InChI=1S/C14H11BrCl2N2O/c1-7-4-11(17)13(6-10(7)16)19-14(20)8-2-3-12(18)9(15)5-8/h2-6H,18H2,1H3,(H,19,20). The van der Waals surface area contributed by atoms with Gasteiger partial charge in [-0.1, -0.05) is 23.2 Å². The quantitative estimate of drug-likeness (QED) is 0.735. The molecule has 0 radical (unpaired) electrons. The molecular weight excluding hydrogens is 363 g/mol. The SMILES string of the molecule is Cc1cc(Cl)c(NC(=O)c2ccc(N)c(Br)c2)cc1Cl. The molecular formula is C14H11BrCl2N2O. The Morgan fingerprint density at radius 1 is 1.20 bits per heavy atom. The molecule has 6 heteroatoms. The Kier molecular flexibility index (Phi) is 4.58. The normalized spacial score (nSPS) is 10.4. The Bertz CT molecular complexity index is 689. The van der Waals surface area contributed by atoms with Crippen LogP contribution in [-0.2, 0) is 0 Å². The van der Waals surface area contributed by atoms with Gasteiger partial charge in [0.05, 0.1) is 10.7 Å². The van der Waals surface area contributed by atoms with E-state index in [1.54, 1.807) is 30.3 Å². The highest BCUT2D eigenvalue weighted by molar-refractivity contribution is 9.10. The van der Waals surface area contributed by atoms with Crippen molar-refractivity contribution in [1.29, 1.82) is 0 Å². The molecule has 0 unspecified atom stereocenters. The number of benzene rings is 2. The lowest BCUT2D eigenvalue weighted by Gasteiger charge is -2.10. The molecule has 0 bridgehead atoms. The number of anilines is 2. The van der Waals surface area contributed by atoms with Crippen molar-refractivity contribution in [3.8, 4) is 0 Å². The van der Waals surface area contributed by atoms with Gasteiger partial charge in [0.1, 0.15) is 0 Å². The lowest BCUT2D eigenvalue weighted by molar-refractivity contribution is 0.102. The highest BCUT2D eigenvalue weighted by atomic mass is 79.9. The van der Waals surface area contributed by atoms with Gasteiger partial charge in [-0.05, 0) is 58.7 Å². The summed E-state index contributed by atoms with van der Waals surface area (Å²) in [5.74, 6) is -0.285.